The lowest BCUT2D eigenvalue weighted by Gasteiger charge is -2.08. The van der Waals surface area contributed by atoms with Crippen molar-refractivity contribution in [3.8, 4) is 11.8 Å². The molecule has 0 atom stereocenters. The minimum Gasteiger partial charge on any atom is -0.484 e. The average molecular weight is 379 g/mol. The molecule has 0 saturated carbocycles. The summed E-state index contributed by atoms with van der Waals surface area (Å²) in [6.07, 6.45) is 1.48. The summed E-state index contributed by atoms with van der Waals surface area (Å²) in [5, 5.41) is 14.5. The molecule has 0 fully saturated rings. The Balaban J connectivity index is 1.88. The lowest BCUT2D eigenvalue weighted by molar-refractivity contribution is -0.118. The molecule has 0 bridgehead atoms. The fourth-order valence-corrected chi connectivity index (χ4v) is 2.20. The lowest BCUT2D eigenvalue weighted by atomic mass is 10.1. The van der Waals surface area contributed by atoms with E-state index >= 15 is 0 Å². The molecule has 2 rings (SSSR count). The molecule has 2 aromatic carbocycles. The van der Waals surface area contributed by atoms with Gasteiger partial charge in [0.25, 0.3) is 11.8 Å². The summed E-state index contributed by atoms with van der Waals surface area (Å²) in [6, 6.07) is 17.7. The van der Waals surface area contributed by atoms with E-state index in [1.54, 1.807) is 36.4 Å². The Morgan fingerprint density at radius 3 is 2.46 bits per heavy atom. The Kier molecular flexibility index (Phi) is 8.24. The van der Waals surface area contributed by atoms with Gasteiger partial charge < -0.3 is 20.1 Å². The van der Waals surface area contributed by atoms with Gasteiger partial charge in [-0.1, -0.05) is 30.3 Å². The van der Waals surface area contributed by atoms with E-state index in [9.17, 15) is 9.59 Å². The Hall–Kier alpha value is -3.63. The molecular formula is C21H21N3O4. The lowest BCUT2D eigenvalue weighted by Crippen LogP contribution is -2.27. The number of benzene rings is 2. The molecule has 0 radical (unpaired) electrons. The number of anilines is 1. The van der Waals surface area contributed by atoms with E-state index in [4.69, 9.17) is 14.7 Å². The second-order valence-electron chi connectivity index (χ2n) is 5.69. The number of para-hydroxylation sites is 1. The van der Waals surface area contributed by atoms with Crippen molar-refractivity contribution in [3.63, 3.8) is 0 Å². The van der Waals surface area contributed by atoms with Crippen LogP contribution < -0.4 is 15.4 Å². The summed E-state index contributed by atoms with van der Waals surface area (Å²) in [4.78, 5) is 23.8. The van der Waals surface area contributed by atoms with Crippen molar-refractivity contribution in [1.82, 2.24) is 5.32 Å². The SMILES string of the molecule is COCCNC(=O)/C(C#N)=C/c1ccc(OCC(=O)Nc2ccccc2)cc1. The second kappa shape index (κ2) is 11.2. The van der Waals surface area contributed by atoms with Crippen LogP contribution in [0.3, 0.4) is 0 Å². The molecule has 7 heteroatoms. The second-order valence-corrected chi connectivity index (χ2v) is 5.69. The zero-order chi connectivity index (χ0) is 20.2. The van der Waals surface area contributed by atoms with Gasteiger partial charge in [-0.05, 0) is 35.9 Å². The van der Waals surface area contributed by atoms with Crippen LogP contribution >= 0.6 is 0 Å². The molecule has 0 aliphatic carbocycles. The van der Waals surface area contributed by atoms with Crippen molar-refractivity contribution in [3.05, 3.63) is 65.7 Å². The van der Waals surface area contributed by atoms with Gasteiger partial charge in [0.2, 0.25) is 0 Å². The van der Waals surface area contributed by atoms with Gasteiger partial charge in [-0.3, -0.25) is 9.59 Å². The Bertz CT molecular complexity index is 855. The molecular weight excluding hydrogens is 358 g/mol. The van der Waals surface area contributed by atoms with Gasteiger partial charge in [0, 0.05) is 19.3 Å². The number of nitriles is 1. The number of rotatable bonds is 9. The van der Waals surface area contributed by atoms with E-state index in [0.29, 0.717) is 30.2 Å². The summed E-state index contributed by atoms with van der Waals surface area (Å²) in [7, 11) is 1.53. The van der Waals surface area contributed by atoms with Crippen LogP contribution in [0.25, 0.3) is 6.08 Å². The van der Waals surface area contributed by atoms with Crippen LogP contribution in [-0.2, 0) is 14.3 Å². The molecule has 0 heterocycles. The van der Waals surface area contributed by atoms with Crippen LogP contribution in [0.15, 0.2) is 60.2 Å². The number of hydrogen-bond acceptors (Lipinski definition) is 5. The van der Waals surface area contributed by atoms with Crippen molar-refractivity contribution in [2.75, 3.05) is 32.2 Å². The average Bonchev–Trinajstić information content (AvgIpc) is 2.72. The minimum absolute atomic E-state index is 0.00740. The summed E-state index contributed by atoms with van der Waals surface area (Å²) >= 11 is 0. The minimum atomic E-state index is -0.461. The standard InChI is InChI=1S/C21H21N3O4/c1-27-12-11-23-21(26)17(14-22)13-16-7-9-19(10-8-16)28-15-20(25)24-18-5-3-2-4-6-18/h2-10,13H,11-12,15H2,1H3,(H,23,26)(H,24,25)/b17-13+. The zero-order valence-corrected chi connectivity index (χ0v) is 15.5. The Morgan fingerprint density at radius 1 is 1.11 bits per heavy atom. The van der Waals surface area contributed by atoms with Crippen molar-refractivity contribution in [2.24, 2.45) is 0 Å². The van der Waals surface area contributed by atoms with Crippen LogP contribution in [-0.4, -0.2) is 38.7 Å². The van der Waals surface area contributed by atoms with E-state index < -0.39 is 5.91 Å². The number of methoxy groups -OCH3 is 1. The molecule has 0 saturated heterocycles. The summed E-state index contributed by atoms with van der Waals surface area (Å²) in [5.74, 6) is -0.226. The van der Waals surface area contributed by atoms with E-state index in [-0.39, 0.29) is 18.1 Å². The molecule has 0 spiro atoms. The van der Waals surface area contributed by atoms with Crippen LogP contribution in [0, 0.1) is 11.3 Å². The molecule has 0 aromatic heterocycles. The van der Waals surface area contributed by atoms with E-state index in [2.05, 4.69) is 10.6 Å². The summed E-state index contributed by atoms with van der Waals surface area (Å²) < 4.78 is 10.3. The fraction of sp³-hybridized carbons (Fsp3) is 0.190. The van der Waals surface area contributed by atoms with Gasteiger partial charge >= 0.3 is 0 Å². The normalized spacial score (nSPS) is 10.6. The van der Waals surface area contributed by atoms with E-state index in [1.165, 1.54) is 13.2 Å². The highest BCUT2D eigenvalue weighted by molar-refractivity contribution is 6.01. The van der Waals surface area contributed by atoms with Gasteiger partial charge in [0.1, 0.15) is 17.4 Å². The van der Waals surface area contributed by atoms with Crippen LogP contribution in [0.2, 0.25) is 0 Å². The first kappa shape index (κ1) is 20.7. The first-order valence-electron chi connectivity index (χ1n) is 8.59. The topological polar surface area (TPSA) is 100 Å². The third kappa shape index (κ3) is 6.94. The van der Waals surface area contributed by atoms with Gasteiger partial charge in [0.05, 0.1) is 6.61 Å². The maximum atomic E-state index is 11.9. The number of hydrogen-bond donors (Lipinski definition) is 2. The number of amides is 2. The molecule has 0 aliphatic heterocycles. The van der Waals surface area contributed by atoms with Crippen LogP contribution in [0.1, 0.15) is 5.56 Å². The van der Waals surface area contributed by atoms with E-state index in [1.807, 2.05) is 24.3 Å². The molecule has 0 unspecified atom stereocenters. The van der Waals surface area contributed by atoms with Crippen LogP contribution in [0.5, 0.6) is 5.75 Å². The molecule has 0 aliphatic rings. The Labute approximate surface area is 163 Å². The molecule has 144 valence electrons. The smallest absolute Gasteiger partial charge is 0.262 e. The molecule has 2 N–H and O–H groups in total. The first-order valence-corrected chi connectivity index (χ1v) is 8.59. The fourth-order valence-electron chi connectivity index (χ4n) is 2.20. The third-order valence-electron chi connectivity index (χ3n) is 3.58. The van der Waals surface area contributed by atoms with Gasteiger partial charge in [-0.25, -0.2) is 0 Å². The predicted octanol–water partition coefficient (Wildman–Crippen LogP) is 2.37. The maximum absolute atomic E-state index is 11.9. The Morgan fingerprint density at radius 2 is 1.82 bits per heavy atom. The maximum Gasteiger partial charge on any atom is 0.262 e. The number of carbonyl (C=O) groups excluding carboxylic acids is 2. The number of ether oxygens (including phenoxy) is 2. The quantitative estimate of drug-likeness (QED) is 0.396. The zero-order valence-electron chi connectivity index (χ0n) is 15.5. The van der Waals surface area contributed by atoms with Crippen molar-refractivity contribution < 1.29 is 19.1 Å². The molecule has 2 amide bonds. The summed E-state index contributed by atoms with van der Waals surface area (Å²) in [5.41, 5.74) is 1.36. The third-order valence-corrected chi connectivity index (χ3v) is 3.58. The largest absolute Gasteiger partial charge is 0.484 e. The number of carbonyl (C=O) groups is 2. The summed E-state index contributed by atoms with van der Waals surface area (Å²) in [6.45, 7) is 0.565. The van der Waals surface area contributed by atoms with E-state index in [0.717, 1.165) is 0 Å². The molecule has 7 nitrogen and oxygen atoms in total. The molecule has 28 heavy (non-hydrogen) atoms. The highest BCUT2D eigenvalue weighted by Crippen LogP contribution is 2.15. The van der Waals surface area contributed by atoms with Gasteiger partial charge in [-0.2, -0.15) is 5.26 Å². The van der Waals surface area contributed by atoms with Crippen molar-refractivity contribution in [2.45, 2.75) is 0 Å². The highest BCUT2D eigenvalue weighted by atomic mass is 16.5. The van der Waals surface area contributed by atoms with Gasteiger partial charge in [0.15, 0.2) is 6.61 Å². The van der Waals surface area contributed by atoms with Crippen LogP contribution in [0.4, 0.5) is 5.69 Å². The highest BCUT2D eigenvalue weighted by Gasteiger charge is 2.08. The van der Waals surface area contributed by atoms with Crippen molar-refractivity contribution in [1.29, 1.82) is 5.26 Å². The predicted molar refractivity (Wildman–Crippen MR) is 105 cm³/mol. The van der Waals surface area contributed by atoms with Gasteiger partial charge in [-0.15, -0.1) is 0 Å². The monoisotopic (exact) mass is 379 g/mol. The molecule has 2 aromatic rings. The first-order chi connectivity index (χ1) is 13.6. The van der Waals surface area contributed by atoms with Crippen molar-refractivity contribution >= 4 is 23.6 Å². The number of nitrogens with zero attached hydrogens (tertiary/aromatic N) is 1. The number of nitrogens with one attached hydrogen (secondary N) is 2.